The molecule has 2 N–H and O–H groups in total. The van der Waals surface area contributed by atoms with Gasteiger partial charge in [0.05, 0.1) is 0 Å². The standard InChI is InChI=1S/C30H35N3O5/c1-3-24(31-29(35)36-19-21-10-6-4-7-11-21)28(34)33-32-27-16-20(2)23-17-22-12-15-30(13-8-5-9-14-30)38-25(22)18-26(23)37-27/h4,6-7,10-11,16-18,24H,3,5,8-9,12-15,19H2,1-2H3,(H,31,35)(H,33,34)/b32-27-/t24-/m0/s1. The minimum Gasteiger partial charge on any atom is -0.487 e. The lowest BCUT2D eigenvalue weighted by molar-refractivity contribution is -0.123. The molecule has 1 aromatic heterocycles. The van der Waals surface area contributed by atoms with Crippen LogP contribution in [0.1, 0.15) is 68.6 Å². The largest absolute Gasteiger partial charge is 0.487 e. The number of fused-ring (bicyclic) bond motifs is 2. The number of hydrogen-bond acceptors (Lipinski definition) is 6. The van der Waals surface area contributed by atoms with Gasteiger partial charge in [-0.05, 0) is 74.6 Å². The van der Waals surface area contributed by atoms with Gasteiger partial charge < -0.3 is 19.2 Å². The van der Waals surface area contributed by atoms with Gasteiger partial charge in [-0.2, -0.15) is 0 Å². The Morgan fingerprint density at radius 3 is 2.63 bits per heavy atom. The zero-order chi connectivity index (χ0) is 26.5. The van der Waals surface area contributed by atoms with Crippen LogP contribution in [0.15, 0.2) is 58.0 Å². The molecule has 1 aliphatic heterocycles. The Kier molecular flexibility index (Phi) is 7.67. The molecule has 0 radical (unpaired) electrons. The summed E-state index contributed by atoms with van der Waals surface area (Å²) in [5.41, 5.74) is 6.48. The van der Waals surface area contributed by atoms with Crippen molar-refractivity contribution in [3.63, 3.8) is 0 Å². The highest BCUT2D eigenvalue weighted by atomic mass is 16.5. The smallest absolute Gasteiger partial charge is 0.408 e. The van der Waals surface area contributed by atoms with Crippen molar-refractivity contribution in [3.05, 3.63) is 70.8 Å². The van der Waals surface area contributed by atoms with E-state index in [2.05, 4.69) is 21.9 Å². The molecule has 38 heavy (non-hydrogen) atoms. The Bertz CT molecular complexity index is 1380. The molecule has 2 aromatic carbocycles. The number of amides is 2. The molecule has 2 heterocycles. The summed E-state index contributed by atoms with van der Waals surface area (Å²) in [5.74, 6) is 0.435. The molecule has 1 atom stereocenters. The molecular weight excluding hydrogens is 482 g/mol. The molecular formula is C30H35N3O5. The lowest BCUT2D eigenvalue weighted by Crippen LogP contribution is -2.45. The van der Waals surface area contributed by atoms with Crippen molar-refractivity contribution >= 4 is 23.0 Å². The zero-order valence-electron chi connectivity index (χ0n) is 22.0. The van der Waals surface area contributed by atoms with Crippen molar-refractivity contribution in [1.29, 1.82) is 0 Å². The topological polar surface area (TPSA) is 102 Å². The van der Waals surface area contributed by atoms with E-state index in [9.17, 15) is 9.59 Å². The third-order valence-corrected chi connectivity index (χ3v) is 7.59. The van der Waals surface area contributed by atoms with Gasteiger partial charge in [-0.15, -0.1) is 5.10 Å². The summed E-state index contributed by atoms with van der Waals surface area (Å²) in [4.78, 5) is 24.9. The summed E-state index contributed by atoms with van der Waals surface area (Å²) in [6.45, 7) is 3.92. The molecule has 1 saturated carbocycles. The third kappa shape index (κ3) is 5.85. The van der Waals surface area contributed by atoms with Crippen molar-refractivity contribution in [2.24, 2.45) is 5.10 Å². The van der Waals surface area contributed by atoms with Gasteiger partial charge in [0.2, 0.25) is 5.55 Å². The molecule has 0 bridgehead atoms. The summed E-state index contributed by atoms with van der Waals surface area (Å²) in [6.07, 6.45) is 7.71. The molecule has 1 spiro atoms. The Morgan fingerprint density at radius 2 is 1.87 bits per heavy atom. The highest BCUT2D eigenvalue weighted by Crippen LogP contribution is 2.43. The molecule has 1 aliphatic carbocycles. The lowest BCUT2D eigenvalue weighted by atomic mass is 9.79. The predicted molar refractivity (Wildman–Crippen MR) is 143 cm³/mol. The molecule has 2 aliphatic rings. The number of nitrogens with zero attached hydrogens (tertiary/aromatic N) is 1. The summed E-state index contributed by atoms with van der Waals surface area (Å²) in [5, 5.41) is 7.79. The van der Waals surface area contributed by atoms with Crippen LogP contribution in [0.25, 0.3) is 11.0 Å². The molecule has 8 heteroatoms. The second-order valence-corrected chi connectivity index (χ2v) is 10.3. The van der Waals surface area contributed by atoms with Crippen LogP contribution in [0.4, 0.5) is 4.79 Å². The van der Waals surface area contributed by atoms with E-state index >= 15 is 0 Å². The highest BCUT2D eigenvalue weighted by molar-refractivity contribution is 5.85. The number of aryl methyl sites for hydroxylation is 2. The first kappa shape index (κ1) is 25.8. The predicted octanol–water partition coefficient (Wildman–Crippen LogP) is 5.41. The summed E-state index contributed by atoms with van der Waals surface area (Å²) < 4.78 is 17.8. The molecule has 8 nitrogen and oxygen atoms in total. The Morgan fingerprint density at radius 1 is 1.08 bits per heavy atom. The second-order valence-electron chi connectivity index (χ2n) is 10.3. The number of carbonyl (C=O) groups excluding carboxylic acids is 2. The molecule has 0 unspecified atom stereocenters. The van der Waals surface area contributed by atoms with E-state index in [1.165, 1.54) is 24.8 Å². The van der Waals surface area contributed by atoms with Gasteiger partial charge >= 0.3 is 6.09 Å². The van der Waals surface area contributed by atoms with Crippen LogP contribution in [-0.2, 0) is 22.6 Å². The van der Waals surface area contributed by atoms with Crippen LogP contribution in [0.5, 0.6) is 5.75 Å². The van der Waals surface area contributed by atoms with Crippen LogP contribution < -0.4 is 21.0 Å². The fraction of sp³-hybridized carbons (Fsp3) is 0.433. The van der Waals surface area contributed by atoms with Crippen molar-refractivity contribution in [2.45, 2.75) is 83.5 Å². The average molecular weight is 518 g/mol. The van der Waals surface area contributed by atoms with Crippen LogP contribution >= 0.6 is 0 Å². The Hall–Kier alpha value is -3.81. The molecule has 2 amide bonds. The normalized spacial score (nSPS) is 17.4. The van der Waals surface area contributed by atoms with E-state index in [0.29, 0.717) is 12.0 Å². The van der Waals surface area contributed by atoms with Crippen molar-refractivity contribution in [2.75, 3.05) is 0 Å². The monoisotopic (exact) mass is 517 g/mol. The van der Waals surface area contributed by atoms with Gasteiger partial charge in [-0.25, -0.2) is 10.2 Å². The van der Waals surface area contributed by atoms with Crippen molar-refractivity contribution in [3.8, 4) is 5.75 Å². The Balaban J connectivity index is 1.27. The van der Waals surface area contributed by atoms with Gasteiger partial charge in [0.25, 0.3) is 5.91 Å². The van der Waals surface area contributed by atoms with E-state index < -0.39 is 18.0 Å². The van der Waals surface area contributed by atoms with Crippen LogP contribution in [0, 0.1) is 6.92 Å². The SMILES string of the molecule is CC[C@H](NC(=O)OCc1ccccc1)C(=O)N/N=c1/cc(C)c2cc3c(cc2o1)OC1(CCCCC1)CC3. The van der Waals surface area contributed by atoms with Gasteiger partial charge in [-0.3, -0.25) is 4.79 Å². The van der Waals surface area contributed by atoms with E-state index in [-0.39, 0.29) is 17.8 Å². The molecule has 0 saturated heterocycles. The first-order valence-corrected chi connectivity index (χ1v) is 13.5. The number of alkyl carbamates (subject to hydrolysis) is 1. The number of hydrogen-bond donors (Lipinski definition) is 2. The third-order valence-electron chi connectivity index (χ3n) is 7.59. The zero-order valence-corrected chi connectivity index (χ0v) is 22.0. The lowest BCUT2D eigenvalue weighted by Gasteiger charge is -2.41. The van der Waals surface area contributed by atoms with Gasteiger partial charge in [0, 0.05) is 17.5 Å². The first-order valence-electron chi connectivity index (χ1n) is 13.5. The fourth-order valence-electron chi connectivity index (χ4n) is 5.39. The fourth-order valence-corrected chi connectivity index (χ4v) is 5.39. The summed E-state index contributed by atoms with van der Waals surface area (Å²) >= 11 is 0. The van der Waals surface area contributed by atoms with Gasteiger partial charge in [-0.1, -0.05) is 43.7 Å². The number of nitrogens with one attached hydrogen (secondary N) is 2. The maximum absolute atomic E-state index is 12.7. The first-order chi connectivity index (χ1) is 18.4. The number of ether oxygens (including phenoxy) is 2. The highest BCUT2D eigenvalue weighted by Gasteiger charge is 2.37. The number of rotatable bonds is 6. The maximum Gasteiger partial charge on any atom is 0.408 e. The van der Waals surface area contributed by atoms with Crippen LogP contribution in [0.2, 0.25) is 0 Å². The molecule has 1 fully saturated rings. The van der Waals surface area contributed by atoms with Crippen molar-refractivity contribution < 1.29 is 23.5 Å². The molecule has 200 valence electrons. The van der Waals surface area contributed by atoms with E-state index in [1.54, 1.807) is 13.0 Å². The molecule has 5 rings (SSSR count). The molecule has 3 aromatic rings. The summed E-state index contributed by atoms with van der Waals surface area (Å²) in [7, 11) is 0. The minimum atomic E-state index is -0.796. The van der Waals surface area contributed by atoms with Crippen LogP contribution in [-0.4, -0.2) is 23.6 Å². The number of benzene rings is 2. The van der Waals surface area contributed by atoms with Gasteiger partial charge in [0.15, 0.2) is 0 Å². The second kappa shape index (κ2) is 11.3. The summed E-state index contributed by atoms with van der Waals surface area (Å²) in [6, 6.07) is 14.5. The van der Waals surface area contributed by atoms with E-state index in [1.807, 2.05) is 43.3 Å². The van der Waals surface area contributed by atoms with E-state index in [0.717, 1.165) is 47.9 Å². The van der Waals surface area contributed by atoms with E-state index in [4.69, 9.17) is 13.9 Å². The maximum atomic E-state index is 12.7. The van der Waals surface area contributed by atoms with Crippen molar-refractivity contribution in [1.82, 2.24) is 10.7 Å². The Labute approximate surface area is 222 Å². The number of carbonyl (C=O) groups is 2. The minimum absolute atomic E-state index is 0.0473. The van der Waals surface area contributed by atoms with Crippen LogP contribution in [0.3, 0.4) is 0 Å². The quantitative estimate of drug-likeness (QED) is 0.426. The van der Waals surface area contributed by atoms with Gasteiger partial charge in [0.1, 0.15) is 29.6 Å². The average Bonchev–Trinajstić information content (AvgIpc) is 2.93.